The molecule has 0 aliphatic carbocycles. The molecule has 1 unspecified atom stereocenters. The van der Waals surface area contributed by atoms with E-state index in [0.29, 0.717) is 40.7 Å². The number of benzene rings is 1. The molecule has 3 aromatic rings. The first-order valence-corrected chi connectivity index (χ1v) is 12.7. The van der Waals surface area contributed by atoms with Gasteiger partial charge in [0, 0.05) is 31.1 Å². The summed E-state index contributed by atoms with van der Waals surface area (Å²) < 4.78 is 6.01. The number of likely N-dealkylation sites (tertiary alicyclic amines) is 1. The highest BCUT2D eigenvalue weighted by Gasteiger charge is 2.21. The Morgan fingerprint density at radius 2 is 2.21 bits per heavy atom. The molecule has 0 radical (unpaired) electrons. The molecule has 0 spiro atoms. The Hall–Kier alpha value is -3.13. The molecule has 0 saturated carbocycles. The second-order valence-electron chi connectivity index (χ2n) is 8.68. The van der Waals surface area contributed by atoms with Gasteiger partial charge < -0.3 is 14.6 Å². The van der Waals surface area contributed by atoms with Crippen molar-refractivity contribution in [3.63, 3.8) is 0 Å². The molecule has 1 aliphatic heterocycles. The molecular weight excluding hydrogens is 448 g/mol. The van der Waals surface area contributed by atoms with Gasteiger partial charge in [-0.3, -0.25) is 14.6 Å². The van der Waals surface area contributed by atoms with Crippen molar-refractivity contribution in [2.24, 2.45) is 5.92 Å². The predicted molar refractivity (Wildman–Crippen MR) is 137 cm³/mol. The summed E-state index contributed by atoms with van der Waals surface area (Å²) in [6.45, 7) is 9.60. The monoisotopic (exact) mass is 478 g/mol. The first kappa shape index (κ1) is 24.0. The number of aromatic nitrogens is 3. The van der Waals surface area contributed by atoms with E-state index in [1.54, 1.807) is 37.0 Å². The number of fused-ring (bicyclic) bond motifs is 1. The molecule has 1 amide bonds. The lowest BCUT2D eigenvalue weighted by Gasteiger charge is -2.32. The van der Waals surface area contributed by atoms with Crippen molar-refractivity contribution in [2.75, 3.05) is 26.0 Å². The number of ether oxygens (including phenoxy) is 1. The summed E-state index contributed by atoms with van der Waals surface area (Å²) in [5.41, 5.74) is 2.81. The summed E-state index contributed by atoms with van der Waals surface area (Å²) in [4.78, 5) is 39.6. The molecule has 1 fully saturated rings. The molecule has 178 valence electrons. The van der Waals surface area contributed by atoms with Crippen LogP contribution in [0.5, 0.6) is 5.75 Å². The van der Waals surface area contributed by atoms with Crippen LogP contribution in [0, 0.1) is 12.8 Å². The average Bonchev–Trinajstić information content (AvgIpc) is 2.84. The van der Waals surface area contributed by atoms with E-state index in [0.717, 1.165) is 48.4 Å². The maximum atomic E-state index is 12.9. The Kier molecular flexibility index (Phi) is 7.36. The molecule has 1 aliphatic rings. The van der Waals surface area contributed by atoms with Gasteiger partial charge in [0.2, 0.25) is 5.91 Å². The van der Waals surface area contributed by atoms with Gasteiger partial charge in [-0.1, -0.05) is 12.7 Å². The van der Waals surface area contributed by atoms with Gasteiger partial charge in [0.05, 0.1) is 17.5 Å². The molecule has 4 rings (SSSR count). The Morgan fingerprint density at radius 3 is 2.94 bits per heavy atom. The number of hydrogen-bond donors (Lipinski definition) is 1. The van der Waals surface area contributed by atoms with Crippen LogP contribution in [0.25, 0.3) is 28.5 Å². The van der Waals surface area contributed by atoms with E-state index in [-0.39, 0.29) is 11.5 Å². The quantitative estimate of drug-likeness (QED) is 0.496. The van der Waals surface area contributed by atoms with Crippen LogP contribution >= 0.6 is 11.8 Å². The summed E-state index contributed by atoms with van der Waals surface area (Å²) in [7, 11) is 0. The number of hydrogen-bond acceptors (Lipinski definition) is 6. The van der Waals surface area contributed by atoms with Gasteiger partial charge in [-0.15, -0.1) is 11.8 Å². The minimum Gasteiger partial charge on any atom is -0.494 e. The third kappa shape index (κ3) is 5.17. The van der Waals surface area contributed by atoms with Gasteiger partial charge in [-0.25, -0.2) is 4.98 Å². The number of carbonyl (C=O) groups is 1. The maximum absolute atomic E-state index is 12.9. The number of aromatic amines is 1. The number of carbonyl (C=O) groups excluding carboxylic acids is 1. The van der Waals surface area contributed by atoms with Gasteiger partial charge in [0.1, 0.15) is 11.4 Å². The van der Waals surface area contributed by atoms with Gasteiger partial charge in [-0.05, 0) is 67.7 Å². The highest BCUT2D eigenvalue weighted by atomic mass is 32.2. The summed E-state index contributed by atoms with van der Waals surface area (Å²) in [5.74, 6) is 1.66. The molecule has 7 nitrogen and oxygen atoms in total. The van der Waals surface area contributed by atoms with Crippen LogP contribution in [0.1, 0.15) is 37.3 Å². The van der Waals surface area contributed by atoms with Crippen molar-refractivity contribution in [2.45, 2.75) is 38.0 Å². The fraction of sp³-hybridized carbons (Fsp3) is 0.385. The summed E-state index contributed by atoms with van der Waals surface area (Å²) in [5, 5.41) is 0.490. The number of aryl methyl sites for hydroxylation is 1. The highest BCUT2D eigenvalue weighted by Crippen LogP contribution is 2.27. The van der Waals surface area contributed by atoms with E-state index in [9.17, 15) is 9.59 Å². The first-order chi connectivity index (χ1) is 16.4. The van der Waals surface area contributed by atoms with Crippen LogP contribution in [-0.4, -0.2) is 51.7 Å². The van der Waals surface area contributed by atoms with Gasteiger partial charge in [-0.2, -0.15) is 0 Å². The third-order valence-corrected chi connectivity index (χ3v) is 7.09. The maximum Gasteiger partial charge on any atom is 0.259 e. The molecule has 1 N–H and O–H groups in total. The number of thioether (sulfide) groups is 1. The molecule has 1 atom stereocenters. The SMILES string of the molecule is C=Cc1cc(-c2nc3c(C)cc(OCCC4CCCN(C(C)=O)C4)cc3c(=O)[nH]2)ncc1SC. The van der Waals surface area contributed by atoms with Crippen molar-refractivity contribution in [1.29, 1.82) is 0 Å². The van der Waals surface area contributed by atoms with Gasteiger partial charge in [0.15, 0.2) is 5.82 Å². The largest absolute Gasteiger partial charge is 0.494 e. The van der Waals surface area contributed by atoms with E-state index >= 15 is 0 Å². The highest BCUT2D eigenvalue weighted by molar-refractivity contribution is 7.98. The number of rotatable bonds is 7. The number of pyridine rings is 1. The lowest BCUT2D eigenvalue weighted by atomic mass is 9.95. The molecule has 2 aromatic heterocycles. The fourth-order valence-corrected chi connectivity index (χ4v) is 4.97. The number of piperidine rings is 1. The lowest BCUT2D eigenvalue weighted by Crippen LogP contribution is -2.38. The van der Waals surface area contributed by atoms with Crippen LogP contribution in [0.2, 0.25) is 0 Å². The normalized spacial score (nSPS) is 16.0. The fourth-order valence-electron chi connectivity index (χ4n) is 4.44. The van der Waals surface area contributed by atoms with Gasteiger partial charge >= 0.3 is 0 Å². The van der Waals surface area contributed by atoms with Crippen LogP contribution in [0.15, 0.2) is 40.7 Å². The van der Waals surface area contributed by atoms with Crippen molar-refractivity contribution in [3.8, 4) is 17.3 Å². The van der Waals surface area contributed by atoms with Crippen LogP contribution in [0.3, 0.4) is 0 Å². The second kappa shape index (κ2) is 10.4. The molecule has 3 heterocycles. The molecule has 8 heteroatoms. The summed E-state index contributed by atoms with van der Waals surface area (Å²) >= 11 is 1.59. The number of amides is 1. The second-order valence-corrected chi connectivity index (χ2v) is 9.52. The smallest absolute Gasteiger partial charge is 0.259 e. The zero-order chi connectivity index (χ0) is 24.2. The van der Waals surface area contributed by atoms with Gasteiger partial charge in [0.25, 0.3) is 5.56 Å². The van der Waals surface area contributed by atoms with Crippen molar-refractivity contribution >= 4 is 34.6 Å². The Balaban J connectivity index is 1.53. The Morgan fingerprint density at radius 1 is 1.38 bits per heavy atom. The van der Waals surface area contributed by atoms with Crippen LogP contribution < -0.4 is 10.3 Å². The molecule has 1 aromatic carbocycles. The molecule has 0 bridgehead atoms. The van der Waals surface area contributed by atoms with E-state index in [1.807, 2.05) is 30.2 Å². The number of nitrogens with zero attached hydrogens (tertiary/aromatic N) is 3. The van der Waals surface area contributed by atoms with E-state index in [1.165, 1.54) is 0 Å². The standard InChI is InChI=1S/C26H30N4O3S/c1-5-19-12-22(27-14-23(19)34-4)25-28-24-16(2)11-20(13-21(24)26(32)29-25)33-10-8-18-7-6-9-30(15-18)17(3)31/h5,11-14,18H,1,6-10,15H2,2-4H3,(H,28,29,32). The minimum absolute atomic E-state index is 0.137. The lowest BCUT2D eigenvalue weighted by molar-refractivity contribution is -0.130. The Labute approximate surface area is 203 Å². The Bertz CT molecular complexity index is 1290. The zero-order valence-electron chi connectivity index (χ0n) is 19.9. The zero-order valence-corrected chi connectivity index (χ0v) is 20.7. The third-order valence-electron chi connectivity index (χ3n) is 6.31. The van der Waals surface area contributed by atoms with E-state index < -0.39 is 0 Å². The number of H-pyrrole nitrogens is 1. The minimum atomic E-state index is -0.228. The van der Waals surface area contributed by atoms with E-state index in [2.05, 4.69) is 16.5 Å². The van der Waals surface area contributed by atoms with Crippen molar-refractivity contribution in [3.05, 3.63) is 52.5 Å². The summed E-state index contributed by atoms with van der Waals surface area (Å²) in [6, 6.07) is 5.55. The average molecular weight is 479 g/mol. The molecule has 34 heavy (non-hydrogen) atoms. The molecule has 1 saturated heterocycles. The first-order valence-electron chi connectivity index (χ1n) is 11.5. The molecular formula is C26H30N4O3S. The topological polar surface area (TPSA) is 88.2 Å². The van der Waals surface area contributed by atoms with Crippen molar-refractivity contribution < 1.29 is 9.53 Å². The van der Waals surface area contributed by atoms with Crippen molar-refractivity contribution in [1.82, 2.24) is 19.9 Å². The van der Waals surface area contributed by atoms with E-state index in [4.69, 9.17) is 9.72 Å². The summed E-state index contributed by atoms with van der Waals surface area (Å²) in [6.07, 6.45) is 8.54. The predicted octanol–water partition coefficient (Wildman–Crippen LogP) is 4.69. The van der Waals surface area contributed by atoms with Crippen LogP contribution in [-0.2, 0) is 4.79 Å². The number of nitrogens with one attached hydrogen (secondary N) is 1. The van der Waals surface area contributed by atoms with Crippen LogP contribution in [0.4, 0.5) is 0 Å².